The molecular weight excluding hydrogens is 411 g/mol. The summed E-state index contributed by atoms with van der Waals surface area (Å²) in [5.74, 6) is 0.559. The first-order valence-electron chi connectivity index (χ1n) is 9.89. The van der Waals surface area contributed by atoms with Gasteiger partial charge in [-0.3, -0.25) is 0 Å². The van der Waals surface area contributed by atoms with Crippen molar-refractivity contribution in [3.63, 3.8) is 0 Å². The zero-order valence-electron chi connectivity index (χ0n) is 17.4. The fourth-order valence-corrected chi connectivity index (χ4v) is 4.07. The number of hydrogen-bond donors (Lipinski definition) is 1. The van der Waals surface area contributed by atoms with Crippen LogP contribution in [-0.4, -0.2) is 57.2 Å². The maximum absolute atomic E-state index is 14.1. The normalized spacial score (nSPS) is 14.6. The van der Waals surface area contributed by atoms with Crippen LogP contribution in [0.3, 0.4) is 0 Å². The molecule has 0 spiro atoms. The van der Waals surface area contributed by atoms with Gasteiger partial charge < -0.3 is 14.5 Å². The minimum absolute atomic E-state index is 0.00992. The Morgan fingerprint density at radius 2 is 1.90 bits per heavy atom. The predicted octanol–water partition coefficient (Wildman–Crippen LogP) is 1.94. The van der Waals surface area contributed by atoms with Crippen molar-refractivity contribution >= 4 is 21.9 Å². The summed E-state index contributed by atoms with van der Waals surface area (Å²) in [5, 5.41) is 0. The molecule has 1 aromatic heterocycles. The molecule has 1 aliphatic heterocycles. The van der Waals surface area contributed by atoms with Gasteiger partial charge in [-0.25, -0.2) is 17.5 Å². The predicted molar refractivity (Wildman–Crippen MR) is 112 cm³/mol. The molecule has 1 aromatic carbocycles. The third kappa shape index (κ3) is 5.33. The fourth-order valence-electron chi connectivity index (χ4n) is 3.07. The summed E-state index contributed by atoms with van der Waals surface area (Å²) < 4.78 is 46.9. The zero-order valence-corrected chi connectivity index (χ0v) is 18.2. The van der Waals surface area contributed by atoms with Gasteiger partial charge in [0.25, 0.3) is 0 Å². The van der Waals surface area contributed by atoms with Crippen molar-refractivity contribution in [1.82, 2.24) is 19.7 Å². The van der Waals surface area contributed by atoms with E-state index in [-0.39, 0.29) is 23.8 Å². The molecule has 9 nitrogen and oxygen atoms in total. The van der Waals surface area contributed by atoms with Gasteiger partial charge in [0, 0.05) is 27.2 Å². The van der Waals surface area contributed by atoms with Crippen molar-refractivity contribution in [1.29, 1.82) is 0 Å². The van der Waals surface area contributed by atoms with Crippen molar-refractivity contribution < 1.29 is 17.5 Å². The minimum Gasteiger partial charge on any atom is -0.491 e. The van der Waals surface area contributed by atoms with E-state index in [4.69, 9.17) is 4.74 Å². The number of anilines is 2. The molecular formula is C19H27FN6O3S. The van der Waals surface area contributed by atoms with Gasteiger partial charge in [-0.05, 0) is 44.4 Å². The lowest BCUT2D eigenvalue weighted by atomic mass is 10.1. The van der Waals surface area contributed by atoms with Crippen LogP contribution in [-0.2, 0) is 16.6 Å². The summed E-state index contributed by atoms with van der Waals surface area (Å²) >= 11 is 0. The van der Waals surface area contributed by atoms with E-state index in [9.17, 15) is 12.8 Å². The van der Waals surface area contributed by atoms with Crippen molar-refractivity contribution in [3.8, 4) is 5.75 Å². The summed E-state index contributed by atoms with van der Waals surface area (Å²) in [5.41, 5.74) is 0. The fraction of sp³-hybridized carbons (Fsp3) is 0.526. The largest absolute Gasteiger partial charge is 0.491 e. The molecule has 0 radical (unpaired) electrons. The lowest BCUT2D eigenvalue weighted by Crippen LogP contribution is -2.33. The zero-order chi connectivity index (χ0) is 21.7. The van der Waals surface area contributed by atoms with Gasteiger partial charge in [0.1, 0.15) is 0 Å². The number of ether oxygens (including phenoxy) is 1. The van der Waals surface area contributed by atoms with Crippen LogP contribution < -0.4 is 19.3 Å². The summed E-state index contributed by atoms with van der Waals surface area (Å²) in [6.45, 7) is 3.58. The third-order valence-electron chi connectivity index (χ3n) is 4.63. The Hall–Kier alpha value is -2.53. The third-order valence-corrected chi connectivity index (χ3v) is 6.03. The van der Waals surface area contributed by atoms with Gasteiger partial charge >= 0.3 is 0 Å². The molecule has 0 aliphatic carbocycles. The maximum Gasteiger partial charge on any atom is 0.241 e. The number of nitrogens with zero attached hydrogens (tertiary/aromatic N) is 5. The Morgan fingerprint density at radius 3 is 2.53 bits per heavy atom. The van der Waals surface area contributed by atoms with Crippen LogP contribution in [0.4, 0.5) is 16.3 Å². The van der Waals surface area contributed by atoms with Gasteiger partial charge in [-0.15, -0.1) is 0 Å². The van der Waals surface area contributed by atoms with Crippen molar-refractivity contribution in [2.75, 3.05) is 43.6 Å². The molecule has 1 fully saturated rings. The minimum atomic E-state index is -3.96. The maximum atomic E-state index is 14.1. The van der Waals surface area contributed by atoms with E-state index in [0.29, 0.717) is 17.7 Å². The molecule has 164 valence electrons. The van der Waals surface area contributed by atoms with Gasteiger partial charge in [-0.2, -0.15) is 15.0 Å². The molecule has 0 bridgehead atoms. The second kappa shape index (κ2) is 9.52. The van der Waals surface area contributed by atoms with Crippen LogP contribution in [0.5, 0.6) is 5.75 Å². The summed E-state index contributed by atoms with van der Waals surface area (Å²) in [6, 6.07) is 3.54. The first-order chi connectivity index (χ1) is 14.3. The van der Waals surface area contributed by atoms with Gasteiger partial charge in [0.15, 0.2) is 17.4 Å². The van der Waals surface area contributed by atoms with Crippen LogP contribution in [0.1, 0.15) is 32.0 Å². The van der Waals surface area contributed by atoms with Crippen LogP contribution in [0.25, 0.3) is 0 Å². The number of piperidine rings is 1. The Bertz CT molecular complexity index is 980. The van der Waals surface area contributed by atoms with Crippen LogP contribution >= 0.6 is 0 Å². The van der Waals surface area contributed by atoms with Crippen LogP contribution in [0.2, 0.25) is 0 Å². The van der Waals surface area contributed by atoms with Gasteiger partial charge in [-0.1, -0.05) is 0 Å². The lowest BCUT2D eigenvalue weighted by Gasteiger charge is -2.27. The molecule has 0 amide bonds. The number of benzene rings is 1. The average molecular weight is 439 g/mol. The van der Waals surface area contributed by atoms with Crippen LogP contribution in [0.15, 0.2) is 23.1 Å². The second-order valence-electron chi connectivity index (χ2n) is 7.14. The Kier molecular flexibility index (Phi) is 7.03. The number of nitrogens with one attached hydrogen (secondary N) is 1. The Morgan fingerprint density at radius 1 is 1.17 bits per heavy atom. The van der Waals surface area contributed by atoms with E-state index in [0.717, 1.165) is 32.0 Å². The standard InChI is InChI=1S/C19H27FN6O3S/c1-4-29-16-9-8-14(12-15(16)20)30(27,28)21-13-17-22-18(25(2)3)24-19(23-17)26-10-6-5-7-11-26/h8-9,12,21H,4-7,10-11,13H2,1-3H3. The smallest absolute Gasteiger partial charge is 0.241 e. The quantitative estimate of drug-likeness (QED) is 0.667. The molecule has 0 atom stereocenters. The monoisotopic (exact) mass is 438 g/mol. The molecule has 2 aromatic rings. The number of halogens is 1. The van der Waals surface area contributed by atoms with E-state index < -0.39 is 15.8 Å². The average Bonchev–Trinajstić information content (AvgIpc) is 2.74. The van der Waals surface area contributed by atoms with E-state index >= 15 is 0 Å². The Balaban J connectivity index is 1.79. The highest BCUT2D eigenvalue weighted by molar-refractivity contribution is 7.89. The molecule has 0 unspecified atom stereocenters. The van der Waals surface area contributed by atoms with Crippen LogP contribution in [0, 0.1) is 5.82 Å². The molecule has 2 heterocycles. The van der Waals surface area contributed by atoms with Gasteiger partial charge in [0.2, 0.25) is 21.9 Å². The Labute approximate surface area is 176 Å². The topological polar surface area (TPSA) is 101 Å². The summed E-state index contributed by atoms with van der Waals surface area (Å²) in [4.78, 5) is 16.9. The second-order valence-corrected chi connectivity index (χ2v) is 8.91. The highest BCUT2D eigenvalue weighted by Gasteiger charge is 2.20. The first-order valence-corrected chi connectivity index (χ1v) is 11.4. The molecule has 1 aliphatic rings. The van der Waals surface area contributed by atoms with E-state index in [1.54, 1.807) is 11.8 Å². The molecule has 1 N–H and O–H groups in total. The molecule has 1 saturated heterocycles. The van der Waals surface area contributed by atoms with E-state index in [1.807, 2.05) is 14.1 Å². The van der Waals surface area contributed by atoms with E-state index in [2.05, 4.69) is 24.6 Å². The molecule has 3 rings (SSSR count). The highest BCUT2D eigenvalue weighted by Crippen LogP contribution is 2.22. The van der Waals surface area contributed by atoms with E-state index in [1.165, 1.54) is 18.6 Å². The molecule has 30 heavy (non-hydrogen) atoms. The number of aromatic nitrogens is 3. The van der Waals surface area contributed by atoms with Crippen molar-refractivity contribution in [2.45, 2.75) is 37.6 Å². The summed E-state index contributed by atoms with van der Waals surface area (Å²) in [7, 11) is -0.334. The number of sulfonamides is 1. The van der Waals surface area contributed by atoms with Crippen molar-refractivity contribution in [3.05, 3.63) is 29.8 Å². The highest BCUT2D eigenvalue weighted by atomic mass is 32.2. The SMILES string of the molecule is CCOc1ccc(S(=O)(=O)NCc2nc(N(C)C)nc(N3CCCCC3)n2)cc1F. The molecule has 11 heteroatoms. The lowest BCUT2D eigenvalue weighted by molar-refractivity contribution is 0.321. The number of hydrogen-bond acceptors (Lipinski definition) is 8. The molecule has 0 saturated carbocycles. The summed E-state index contributed by atoms with van der Waals surface area (Å²) in [6.07, 6.45) is 3.30. The van der Waals surface area contributed by atoms with Gasteiger partial charge in [0.05, 0.1) is 18.0 Å². The number of rotatable bonds is 8. The van der Waals surface area contributed by atoms with Crippen molar-refractivity contribution in [2.24, 2.45) is 0 Å². The first kappa shape index (κ1) is 22.2.